The molecule has 0 radical (unpaired) electrons. The van der Waals surface area contributed by atoms with Crippen molar-refractivity contribution in [3.63, 3.8) is 0 Å². The number of rotatable bonds is 5. The number of benzene rings is 2. The van der Waals surface area contributed by atoms with Crippen LogP contribution < -0.4 is 4.74 Å². The van der Waals surface area contributed by atoms with Crippen LogP contribution in [0.5, 0.6) is 5.75 Å². The van der Waals surface area contributed by atoms with Crippen LogP contribution in [0, 0.1) is 6.92 Å². The van der Waals surface area contributed by atoms with Crippen molar-refractivity contribution in [2.24, 2.45) is 0 Å². The number of carbonyl (C=O) groups is 1. The fourth-order valence-corrected chi connectivity index (χ4v) is 4.79. The molecule has 168 valence electrons. The molecule has 0 bridgehead atoms. The van der Waals surface area contributed by atoms with Crippen LogP contribution in [0.2, 0.25) is 0 Å². The van der Waals surface area contributed by atoms with Gasteiger partial charge in [0.25, 0.3) is 5.91 Å². The van der Waals surface area contributed by atoms with Gasteiger partial charge in [0.1, 0.15) is 5.69 Å². The number of aromatic nitrogens is 2. The van der Waals surface area contributed by atoms with Crippen LogP contribution in [0.25, 0.3) is 5.65 Å². The number of hydrogen-bond donors (Lipinski definition) is 0. The number of nitrogens with zero attached hydrogens (tertiary/aromatic N) is 4. The molecule has 6 heteroatoms. The lowest BCUT2D eigenvalue weighted by Gasteiger charge is -2.39. The highest BCUT2D eigenvalue weighted by atomic mass is 16.5. The topological polar surface area (TPSA) is 50.1 Å². The molecule has 4 aromatic rings. The van der Waals surface area contributed by atoms with Crippen molar-refractivity contribution in [2.75, 3.05) is 33.3 Å². The first-order chi connectivity index (χ1) is 16.2. The van der Waals surface area contributed by atoms with Gasteiger partial charge in [0.2, 0.25) is 0 Å². The Kier molecular flexibility index (Phi) is 5.84. The Morgan fingerprint density at radius 2 is 1.48 bits per heavy atom. The first kappa shape index (κ1) is 21.2. The van der Waals surface area contributed by atoms with Gasteiger partial charge in [0.15, 0.2) is 11.4 Å². The van der Waals surface area contributed by atoms with E-state index in [-0.39, 0.29) is 11.9 Å². The molecule has 5 rings (SSSR count). The van der Waals surface area contributed by atoms with E-state index in [0.717, 1.165) is 18.8 Å². The second-order valence-corrected chi connectivity index (χ2v) is 8.37. The van der Waals surface area contributed by atoms with Crippen LogP contribution in [0.3, 0.4) is 0 Å². The summed E-state index contributed by atoms with van der Waals surface area (Å²) in [6.45, 7) is 4.84. The van der Waals surface area contributed by atoms with Gasteiger partial charge in [-0.2, -0.15) is 0 Å². The smallest absolute Gasteiger partial charge is 0.272 e. The third kappa shape index (κ3) is 3.98. The highest BCUT2D eigenvalue weighted by Gasteiger charge is 2.30. The fourth-order valence-electron chi connectivity index (χ4n) is 4.79. The molecule has 33 heavy (non-hydrogen) atoms. The number of imidazole rings is 1. The number of ether oxygens (including phenoxy) is 1. The van der Waals surface area contributed by atoms with Crippen molar-refractivity contribution >= 4 is 11.6 Å². The third-order valence-electron chi connectivity index (χ3n) is 6.41. The normalized spacial score (nSPS) is 14.7. The minimum absolute atomic E-state index is 0.0175. The number of amides is 1. The van der Waals surface area contributed by atoms with E-state index in [1.807, 2.05) is 34.6 Å². The predicted molar refractivity (Wildman–Crippen MR) is 129 cm³/mol. The molecule has 2 aromatic carbocycles. The van der Waals surface area contributed by atoms with Crippen molar-refractivity contribution < 1.29 is 9.53 Å². The molecule has 1 amide bonds. The molecule has 1 aliphatic rings. The van der Waals surface area contributed by atoms with E-state index in [1.54, 1.807) is 7.11 Å². The highest BCUT2D eigenvalue weighted by Crippen LogP contribution is 2.30. The second-order valence-electron chi connectivity index (χ2n) is 8.37. The molecule has 0 spiro atoms. The summed E-state index contributed by atoms with van der Waals surface area (Å²) in [5.41, 5.74) is 4.55. The summed E-state index contributed by atoms with van der Waals surface area (Å²) in [6, 6.07) is 25.1. The largest absolute Gasteiger partial charge is 0.493 e. The van der Waals surface area contributed by atoms with Crippen LogP contribution in [-0.2, 0) is 0 Å². The molecule has 1 saturated heterocycles. The SMILES string of the molecule is COc1cccn2c(C(=O)N3CCN(C(c4ccccc4)c4ccccc4)CC3)c(C)nc12. The average molecular weight is 441 g/mol. The predicted octanol–water partition coefficient (Wildman–Crippen LogP) is 4.20. The number of methoxy groups -OCH3 is 1. The van der Waals surface area contributed by atoms with Crippen LogP contribution in [0.15, 0.2) is 79.0 Å². The average Bonchev–Trinajstić information content (AvgIpc) is 3.21. The maximum atomic E-state index is 13.5. The molecule has 0 N–H and O–H groups in total. The first-order valence-corrected chi connectivity index (χ1v) is 11.3. The van der Waals surface area contributed by atoms with E-state index < -0.39 is 0 Å². The molecule has 0 aliphatic carbocycles. The van der Waals surface area contributed by atoms with E-state index in [1.165, 1.54) is 11.1 Å². The lowest BCUT2D eigenvalue weighted by molar-refractivity contribution is 0.0590. The summed E-state index contributed by atoms with van der Waals surface area (Å²) in [5.74, 6) is 0.682. The maximum absolute atomic E-state index is 13.5. The van der Waals surface area contributed by atoms with Gasteiger partial charge in [-0.1, -0.05) is 60.7 Å². The van der Waals surface area contributed by atoms with Gasteiger partial charge in [-0.25, -0.2) is 4.98 Å². The number of fused-ring (bicyclic) bond motifs is 1. The zero-order chi connectivity index (χ0) is 22.8. The molecular formula is C27H28N4O2. The Morgan fingerprint density at radius 3 is 2.06 bits per heavy atom. The van der Waals surface area contributed by atoms with Gasteiger partial charge < -0.3 is 9.64 Å². The van der Waals surface area contributed by atoms with Gasteiger partial charge in [-0.15, -0.1) is 0 Å². The molecule has 1 aliphatic heterocycles. The second kappa shape index (κ2) is 9.08. The Balaban J connectivity index is 1.38. The Labute approximate surface area is 194 Å². The van der Waals surface area contributed by atoms with Crippen LogP contribution >= 0.6 is 0 Å². The summed E-state index contributed by atoms with van der Waals surface area (Å²) in [5, 5.41) is 0. The van der Waals surface area contributed by atoms with Gasteiger partial charge in [0, 0.05) is 32.4 Å². The van der Waals surface area contributed by atoms with Crippen LogP contribution in [-0.4, -0.2) is 58.4 Å². The summed E-state index contributed by atoms with van der Waals surface area (Å²) < 4.78 is 7.28. The molecular weight excluding hydrogens is 412 g/mol. The van der Waals surface area contributed by atoms with E-state index >= 15 is 0 Å². The zero-order valence-electron chi connectivity index (χ0n) is 19.0. The third-order valence-corrected chi connectivity index (χ3v) is 6.41. The monoisotopic (exact) mass is 440 g/mol. The van der Waals surface area contributed by atoms with Crippen molar-refractivity contribution in [3.05, 3.63) is 102 Å². The van der Waals surface area contributed by atoms with E-state index in [4.69, 9.17) is 4.74 Å². The van der Waals surface area contributed by atoms with Crippen molar-refractivity contribution in [2.45, 2.75) is 13.0 Å². The number of carbonyl (C=O) groups excluding carboxylic acids is 1. The summed E-state index contributed by atoms with van der Waals surface area (Å²) in [4.78, 5) is 22.5. The number of piperazine rings is 1. The number of hydrogen-bond acceptors (Lipinski definition) is 4. The summed E-state index contributed by atoms with van der Waals surface area (Å²) in [6.07, 6.45) is 1.88. The Hall–Kier alpha value is -3.64. The molecule has 1 fully saturated rings. The van der Waals surface area contributed by atoms with Crippen molar-refractivity contribution in [1.82, 2.24) is 19.2 Å². The summed E-state index contributed by atoms with van der Waals surface area (Å²) in [7, 11) is 1.62. The minimum atomic E-state index is 0.0175. The lowest BCUT2D eigenvalue weighted by atomic mass is 9.96. The van der Waals surface area contributed by atoms with Crippen LogP contribution in [0.4, 0.5) is 0 Å². The Bertz CT molecular complexity index is 1210. The van der Waals surface area contributed by atoms with Gasteiger partial charge in [-0.05, 0) is 30.2 Å². The molecule has 0 saturated carbocycles. The Morgan fingerprint density at radius 1 is 0.879 bits per heavy atom. The molecule has 6 nitrogen and oxygen atoms in total. The summed E-state index contributed by atoms with van der Waals surface area (Å²) >= 11 is 0. The highest BCUT2D eigenvalue weighted by molar-refractivity contribution is 5.95. The zero-order valence-corrected chi connectivity index (χ0v) is 19.0. The lowest BCUT2D eigenvalue weighted by Crippen LogP contribution is -2.50. The minimum Gasteiger partial charge on any atom is -0.493 e. The number of aryl methyl sites for hydroxylation is 1. The molecule has 0 unspecified atom stereocenters. The number of pyridine rings is 1. The maximum Gasteiger partial charge on any atom is 0.272 e. The standard InChI is InChI=1S/C27H28N4O2/c1-20-24(31-15-9-14-23(33-2)26(31)28-20)27(32)30-18-16-29(17-19-30)25(21-10-5-3-6-11-21)22-12-7-4-8-13-22/h3-15,25H,16-19H2,1-2H3. The molecule has 0 atom stereocenters. The molecule has 2 aromatic heterocycles. The van der Waals surface area contributed by atoms with Gasteiger partial charge in [-0.3, -0.25) is 14.1 Å². The van der Waals surface area contributed by atoms with Gasteiger partial charge >= 0.3 is 0 Å². The quantitative estimate of drug-likeness (QED) is 0.467. The van der Waals surface area contributed by atoms with Crippen molar-refractivity contribution in [1.29, 1.82) is 0 Å². The van der Waals surface area contributed by atoms with E-state index in [0.29, 0.717) is 30.2 Å². The van der Waals surface area contributed by atoms with Gasteiger partial charge in [0.05, 0.1) is 18.8 Å². The fraction of sp³-hybridized carbons (Fsp3) is 0.259. The van der Waals surface area contributed by atoms with E-state index in [2.05, 4.69) is 70.5 Å². The van der Waals surface area contributed by atoms with E-state index in [9.17, 15) is 4.79 Å². The van der Waals surface area contributed by atoms with Crippen molar-refractivity contribution in [3.8, 4) is 5.75 Å². The first-order valence-electron chi connectivity index (χ1n) is 11.3. The molecule has 3 heterocycles. The van der Waals surface area contributed by atoms with Crippen LogP contribution in [0.1, 0.15) is 33.4 Å².